The van der Waals surface area contributed by atoms with Gasteiger partial charge in [0.2, 0.25) is 0 Å². The van der Waals surface area contributed by atoms with Crippen molar-refractivity contribution < 1.29 is 14.6 Å². The molecule has 0 amide bonds. The van der Waals surface area contributed by atoms with E-state index in [4.69, 9.17) is 9.84 Å². The molecule has 0 aromatic heterocycles. The highest BCUT2D eigenvalue weighted by Crippen LogP contribution is 2.24. The summed E-state index contributed by atoms with van der Waals surface area (Å²) in [4.78, 5) is 12.5. The summed E-state index contributed by atoms with van der Waals surface area (Å²) in [6, 6.07) is 4.17. The van der Waals surface area contributed by atoms with Crippen LogP contribution < -0.4 is 4.74 Å². The largest absolute Gasteiger partial charge is 0.496 e. The van der Waals surface area contributed by atoms with Gasteiger partial charge in [0.15, 0.2) is 0 Å². The lowest BCUT2D eigenvalue weighted by molar-refractivity contribution is -0.137. The lowest BCUT2D eigenvalue weighted by Crippen LogP contribution is -2.21. The number of aliphatic carboxylic acids is 1. The van der Waals surface area contributed by atoms with Crippen molar-refractivity contribution in [1.29, 1.82) is 0 Å². The number of carboxylic acids is 1. The fraction of sp³-hybridized carbons (Fsp3) is 0.500. The number of methoxy groups -OCH3 is 1. The fourth-order valence-electron chi connectivity index (χ4n) is 2.13. The van der Waals surface area contributed by atoms with Crippen molar-refractivity contribution in [1.82, 2.24) is 4.90 Å². The summed E-state index contributed by atoms with van der Waals surface area (Å²) in [5.74, 6) is 0.163. The Bertz CT molecular complexity index is 406. The third-order valence-electron chi connectivity index (χ3n) is 2.88. The van der Waals surface area contributed by atoms with E-state index in [0.717, 1.165) is 23.4 Å². The van der Waals surface area contributed by atoms with Crippen LogP contribution in [-0.2, 0) is 11.3 Å². The van der Waals surface area contributed by atoms with Crippen LogP contribution in [0.2, 0.25) is 0 Å². The Morgan fingerprint density at radius 2 is 1.89 bits per heavy atom. The quantitative estimate of drug-likeness (QED) is 0.842. The second-order valence-electron chi connectivity index (χ2n) is 4.64. The van der Waals surface area contributed by atoms with Crippen LogP contribution in [0, 0.1) is 13.8 Å². The first-order chi connectivity index (χ1) is 8.43. The van der Waals surface area contributed by atoms with E-state index in [2.05, 4.69) is 12.1 Å². The van der Waals surface area contributed by atoms with Crippen molar-refractivity contribution in [2.45, 2.75) is 26.8 Å². The highest BCUT2D eigenvalue weighted by molar-refractivity contribution is 5.66. The van der Waals surface area contributed by atoms with Crippen LogP contribution in [-0.4, -0.2) is 36.7 Å². The molecule has 4 heteroatoms. The Kier molecular flexibility index (Phi) is 5.16. The lowest BCUT2D eigenvalue weighted by Gasteiger charge is -2.17. The predicted octanol–water partition coefficient (Wildman–Crippen LogP) is 2.22. The topological polar surface area (TPSA) is 49.8 Å². The number of aryl methyl sites for hydroxylation is 2. The molecule has 0 aliphatic rings. The molecule has 0 bridgehead atoms. The number of rotatable bonds is 6. The van der Waals surface area contributed by atoms with E-state index < -0.39 is 5.97 Å². The molecule has 0 saturated carbocycles. The molecule has 0 radical (unpaired) electrons. The molecule has 0 unspecified atom stereocenters. The Balaban J connectivity index is 2.70. The summed E-state index contributed by atoms with van der Waals surface area (Å²) in [6.45, 7) is 5.34. The van der Waals surface area contributed by atoms with Crippen LogP contribution in [0.5, 0.6) is 5.75 Å². The number of hydrogen-bond donors (Lipinski definition) is 1. The van der Waals surface area contributed by atoms with Gasteiger partial charge in [-0.15, -0.1) is 0 Å². The number of carboxylic acid groups (broad SMARTS) is 1. The maximum absolute atomic E-state index is 10.5. The molecular weight excluding hydrogens is 230 g/mol. The molecule has 1 rings (SSSR count). The molecule has 18 heavy (non-hydrogen) atoms. The van der Waals surface area contributed by atoms with Gasteiger partial charge < -0.3 is 14.7 Å². The van der Waals surface area contributed by atoms with Crippen LogP contribution >= 0.6 is 0 Å². The van der Waals surface area contributed by atoms with Crippen molar-refractivity contribution in [3.63, 3.8) is 0 Å². The van der Waals surface area contributed by atoms with Gasteiger partial charge in [-0.1, -0.05) is 12.1 Å². The van der Waals surface area contributed by atoms with E-state index in [-0.39, 0.29) is 6.42 Å². The van der Waals surface area contributed by atoms with Crippen LogP contribution in [0.3, 0.4) is 0 Å². The molecule has 1 aromatic carbocycles. The first-order valence-electron chi connectivity index (χ1n) is 5.98. The second-order valence-corrected chi connectivity index (χ2v) is 4.64. The molecule has 1 aromatic rings. The SMILES string of the molecule is COc1c(C)cc(CN(C)CCC(=O)O)cc1C. The van der Waals surface area contributed by atoms with Crippen molar-refractivity contribution in [3.8, 4) is 5.75 Å². The summed E-state index contributed by atoms with van der Waals surface area (Å²) >= 11 is 0. The summed E-state index contributed by atoms with van der Waals surface area (Å²) in [5, 5.41) is 8.64. The van der Waals surface area contributed by atoms with Crippen molar-refractivity contribution >= 4 is 5.97 Å². The van der Waals surface area contributed by atoms with Gasteiger partial charge in [-0.25, -0.2) is 0 Å². The third-order valence-corrected chi connectivity index (χ3v) is 2.88. The summed E-state index contributed by atoms with van der Waals surface area (Å²) in [7, 11) is 3.60. The maximum atomic E-state index is 10.5. The molecule has 0 aliphatic carbocycles. The number of ether oxygens (including phenoxy) is 1. The average Bonchev–Trinajstić information content (AvgIpc) is 2.26. The predicted molar refractivity (Wildman–Crippen MR) is 71.1 cm³/mol. The Morgan fingerprint density at radius 3 is 2.33 bits per heavy atom. The van der Waals surface area contributed by atoms with E-state index in [9.17, 15) is 4.79 Å². The van der Waals surface area contributed by atoms with Gasteiger partial charge in [-0.3, -0.25) is 4.79 Å². The smallest absolute Gasteiger partial charge is 0.304 e. The highest BCUT2D eigenvalue weighted by Gasteiger charge is 2.08. The van der Waals surface area contributed by atoms with E-state index in [1.165, 1.54) is 5.56 Å². The third kappa shape index (κ3) is 4.04. The summed E-state index contributed by atoms with van der Waals surface area (Å²) in [6.07, 6.45) is 0.171. The Morgan fingerprint density at radius 1 is 1.33 bits per heavy atom. The molecule has 0 atom stereocenters. The van der Waals surface area contributed by atoms with Gasteiger partial charge in [-0.2, -0.15) is 0 Å². The van der Waals surface area contributed by atoms with Crippen LogP contribution in [0.4, 0.5) is 0 Å². The maximum Gasteiger partial charge on any atom is 0.304 e. The first kappa shape index (κ1) is 14.5. The van der Waals surface area contributed by atoms with Crippen molar-refractivity contribution in [2.75, 3.05) is 20.7 Å². The summed E-state index contributed by atoms with van der Waals surface area (Å²) < 4.78 is 5.32. The molecular formula is C14H21NO3. The number of nitrogens with zero attached hydrogens (tertiary/aromatic N) is 1. The molecule has 0 heterocycles. The minimum Gasteiger partial charge on any atom is -0.496 e. The van der Waals surface area contributed by atoms with E-state index >= 15 is 0 Å². The monoisotopic (exact) mass is 251 g/mol. The number of carbonyl (C=O) groups is 1. The normalized spacial score (nSPS) is 10.7. The van der Waals surface area contributed by atoms with Gasteiger partial charge in [0.05, 0.1) is 13.5 Å². The Hall–Kier alpha value is -1.55. The molecule has 0 fully saturated rings. The van der Waals surface area contributed by atoms with E-state index in [1.54, 1.807) is 7.11 Å². The lowest BCUT2D eigenvalue weighted by atomic mass is 10.1. The molecule has 0 spiro atoms. The minimum atomic E-state index is -0.760. The van der Waals surface area contributed by atoms with Gasteiger partial charge in [0.25, 0.3) is 0 Å². The van der Waals surface area contributed by atoms with Crippen LogP contribution in [0.25, 0.3) is 0 Å². The van der Waals surface area contributed by atoms with Crippen molar-refractivity contribution in [2.24, 2.45) is 0 Å². The first-order valence-corrected chi connectivity index (χ1v) is 5.98. The second kappa shape index (κ2) is 6.40. The molecule has 100 valence electrons. The van der Waals surface area contributed by atoms with Gasteiger partial charge >= 0.3 is 5.97 Å². The summed E-state index contributed by atoms with van der Waals surface area (Å²) in [5.41, 5.74) is 3.40. The average molecular weight is 251 g/mol. The zero-order valence-corrected chi connectivity index (χ0v) is 11.5. The number of hydrogen-bond acceptors (Lipinski definition) is 3. The van der Waals surface area contributed by atoms with Gasteiger partial charge in [0, 0.05) is 13.1 Å². The van der Waals surface area contributed by atoms with E-state index in [1.807, 2.05) is 25.8 Å². The molecule has 0 aliphatic heterocycles. The fourth-order valence-corrected chi connectivity index (χ4v) is 2.13. The zero-order valence-electron chi connectivity index (χ0n) is 11.5. The van der Waals surface area contributed by atoms with Crippen molar-refractivity contribution in [3.05, 3.63) is 28.8 Å². The van der Waals surface area contributed by atoms with Crippen LogP contribution in [0.1, 0.15) is 23.1 Å². The van der Waals surface area contributed by atoms with Crippen LogP contribution in [0.15, 0.2) is 12.1 Å². The minimum absolute atomic E-state index is 0.171. The van der Waals surface area contributed by atoms with Gasteiger partial charge in [0.1, 0.15) is 5.75 Å². The van der Waals surface area contributed by atoms with E-state index in [0.29, 0.717) is 6.54 Å². The standard InChI is InChI=1S/C14H21NO3/c1-10-7-12(8-11(2)14(10)18-4)9-15(3)6-5-13(16)17/h7-8H,5-6,9H2,1-4H3,(H,16,17). The Labute approximate surface area is 108 Å². The highest BCUT2D eigenvalue weighted by atomic mass is 16.5. The van der Waals surface area contributed by atoms with Gasteiger partial charge in [-0.05, 0) is 37.6 Å². The number of benzene rings is 1. The molecule has 0 saturated heterocycles. The zero-order chi connectivity index (χ0) is 13.7. The molecule has 1 N–H and O–H groups in total. The molecule has 4 nitrogen and oxygen atoms in total.